The zero-order valence-corrected chi connectivity index (χ0v) is 9.78. The lowest BCUT2D eigenvalue weighted by Crippen LogP contribution is -2.65. The lowest BCUT2D eigenvalue weighted by Gasteiger charge is -2.39. The van der Waals surface area contributed by atoms with E-state index in [9.17, 15) is 9.90 Å². The third-order valence-electron chi connectivity index (χ3n) is 2.04. The minimum absolute atomic E-state index is 0.318. The van der Waals surface area contributed by atoms with Gasteiger partial charge < -0.3 is 20.3 Å². The highest BCUT2D eigenvalue weighted by atomic mass is 16.5. The minimum atomic E-state index is -0.833. The van der Waals surface area contributed by atoms with Gasteiger partial charge in [0.25, 0.3) is 6.47 Å². The second kappa shape index (κ2) is 5.44. The van der Waals surface area contributed by atoms with Crippen LogP contribution in [0.25, 0.3) is 0 Å². The number of carbonyl (C=O) groups excluding carboxylic acids is 1. The van der Waals surface area contributed by atoms with Gasteiger partial charge >= 0.3 is 0 Å². The molecular formula is C10H21NO4. The summed E-state index contributed by atoms with van der Waals surface area (Å²) in [4.78, 5) is 9.60. The lowest BCUT2D eigenvalue weighted by molar-refractivity contribution is -0.138. The first-order valence-corrected chi connectivity index (χ1v) is 4.94. The molecule has 1 fully saturated rings. The predicted molar refractivity (Wildman–Crippen MR) is 56.4 cm³/mol. The van der Waals surface area contributed by atoms with Crippen LogP contribution in [0.5, 0.6) is 0 Å². The van der Waals surface area contributed by atoms with Crippen molar-refractivity contribution in [2.75, 3.05) is 13.1 Å². The number of rotatable bonds is 2. The second-order valence-electron chi connectivity index (χ2n) is 4.71. The molecule has 3 N–H and O–H groups in total. The van der Waals surface area contributed by atoms with Crippen LogP contribution in [0.3, 0.4) is 0 Å². The van der Waals surface area contributed by atoms with Crippen LogP contribution in [0.15, 0.2) is 0 Å². The highest BCUT2D eigenvalue weighted by Crippen LogP contribution is 2.14. The molecule has 1 atom stereocenters. The number of nitrogens with one attached hydrogen (secondary N) is 1. The molecule has 0 amide bonds. The maximum absolute atomic E-state index is 9.60. The summed E-state index contributed by atoms with van der Waals surface area (Å²) in [7, 11) is 0. The standard InChI is InChI=1S/C5H11NO2.C5H10O2/c1-4(7)5(8)2-6-3-5;1-5(2,3)7-4-6/h4,6-8H,2-3H2,1H3;4H,1-3H3. The van der Waals surface area contributed by atoms with Gasteiger partial charge in [-0.2, -0.15) is 0 Å². The molecule has 0 spiro atoms. The zero-order valence-electron chi connectivity index (χ0n) is 9.78. The Morgan fingerprint density at radius 2 is 1.93 bits per heavy atom. The molecule has 1 heterocycles. The molecule has 1 saturated heterocycles. The molecule has 1 unspecified atom stereocenters. The van der Waals surface area contributed by atoms with Gasteiger partial charge in [-0.3, -0.25) is 4.79 Å². The van der Waals surface area contributed by atoms with Crippen molar-refractivity contribution in [1.82, 2.24) is 5.32 Å². The van der Waals surface area contributed by atoms with E-state index in [0.29, 0.717) is 19.6 Å². The van der Waals surface area contributed by atoms with Crippen molar-refractivity contribution in [3.63, 3.8) is 0 Å². The Morgan fingerprint density at radius 1 is 1.47 bits per heavy atom. The Morgan fingerprint density at radius 3 is 1.93 bits per heavy atom. The van der Waals surface area contributed by atoms with Crippen molar-refractivity contribution in [2.24, 2.45) is 0 Å². The van der Waals surface area contributed by atoms with Crippen LogP contribution >= 0.6 is 0 Å². The van der Waals surface area contributed by atoms with E-state index in [0.717, 1.165) is 0 Å². The Hall–Kier alpha value is -0.650. The lowest BCUT2D eigenvalue weighted by atomic mass is 9.92. The van der Waals surface area contributed by atoms with E-state index < -0.39 is 11.7 Å². The molecule has 0 aromatic carbocycles. The summed E-state index contributed by atoms with van der Waals surface area (Å²) in [5.74, 6) is 0. The van der Waals surface area contributed by atoms with Crippen molar-refractivity contribution in [2.45, 2.75) is 45.0 Å². The fourth-order valence-corrected chi connectivity index (χ4v) is 0.821. The maximum atomic E-state index is 9.60. The minimum Gasteiger partial charge on any atom is -0.462 e. The fraction of sp³-hybridized carbons (Fsp3) is 0.900. The molecule has 5 heteroatoms. The fourth-order valence-electron chi connectivity index (χ4n) is 0.821. The maximum Gasteiger partial charge on any atom is 0.293 e. The predicted octanol–water partition coefficient (Wildman–Crippen LogP) is -0.341. The average molecular weight is 219 g/mol. The van der Waals surface area contributed by atoms with Gasteiger partial charge in [-0.25, -0.2) is 0 Å². The molecule has 0 aromatic heterocycles. The van der Waals surface area contributed by atoms with Crippen molar-refractivity contribution in [3.8, 4) is 0 Å². The molecule has 1 aliphatic heterocycles. The van der Waals surface area contributed by atoms with E-state index in [1.54, 1.807) is 6.92 Å². The van der Waals surface area contributed by atoms with E-state index in [2.05, 4.69) is 10.1 Å². The highest BCUT2D eigenvalue weighted by molar-refractivity contribution is 5.37. The molecule has 0 saturated carbocycles. The summed E-state index contributed by atoms with van der Waals surface area (Å²) < 4.78 is 4.55. The highest BCUT2D eigenvalue weighted by Gasteiger charge is 2.38. The molecule has 90 valence electrons. The van der Waals surface area contributed by atoms with Gasteiger partial charge in [0.05, 0.1) is 6.10 Å². The summed E-state index contributed by atoms with van der Waals surface area (Å²) in [5, 5.41) is 20.9. The van der Waals surface area contributed by atoms with Gasteiger partial charge in [-0.05, 0) is 27.7 Å². The third kappa shape index (κ3) is 5.71. The summed E-state index contributed by atoms with van der Waals surface area (Å²) in [6.07, 6.45) is -0.608. The van der Waals surface area contributed by atoms with Crippen LogP contribution in [0.2, 0.25) is 0 Å². The van der Waals surface area contributed by atoms with E-state index in [-0.39, 0.29) is 5.60 Å². The van der Waals surface area contributed by atoms with E-state index >= 15 is 0 Å². The summed E-state index contributed by atoms with van der Waals surface area (Å²) >= 11 is 0. The molecule has 15 heavy (non-hydrogen) atoms. The Kier molecular flexibility index (Phi) is 5.20. The number of aliphatic hydroxyl groups is 2. The van der Waals surface area contributed by atoms with Crippen molar-refractivity contribution in [3.05, 3.63) is 0 Å². The first kappa shape index (κ1) is 14.3. The topological polar surface area (TPSA) is 78.8 Å². The van der Waals surface area contributed by atoms with Crippen molar-refractivity contribution < 1.29 is 19.7 Å². The SMILES string of the molecule is CC(C)(C)OC=O.CC(O)C1(O)CNC1. The van der Waals surface area contributed by atoms with Crippen LogP contribution < -0.4 is 5.32 Å². The van der Waals surface area contributed by atoms with Crippen LogP contribution in [0.1, 0.15) is 27.7 Å². The Balaban J connectivity index is 0.000000265. The first-order chi connectivity index (χ1) is 6.71. The third-order valence-corrected chi connectivity index (χ3v) is 2.04. The Labute approximate surface area is 90.4 Å². The quantitative estimate of drug-likeness (QED) is 0.554. The monoisotopic (exact) mass is 219 g/mol. The van der Waals surface area contributed by atoms with Crippen LogP contribution in [0, 0.1) is 0 Å². The smallest absolute Gasteiger partial charge is 0.293 e. The largest absolute Gasteiger partial charge is 0.462 e. The van der Waals surface area contributed by atoms with Gasteiger partial charge in [-0.15, -0.1) is 0 Å². The normalized spacial score (nSPS) is 20.4. The molecule has 5 nitrogen and oxygen atoms in total. The van der Waals surface area contributed by atoms with E-state index in [4.69, 9.17) is 5.11 Å². The summed E-state index contributed by atoms with van der Waals surface area (Å²) in [6, 6.07) is 0. The molecule has 0 aromatic rings. The van der Waals surface area contributed by atoms with Crippen LogP contribution in [0.4, 0.5) is 0 Å². The zero-order chi connectivity index (χ0) is 12.1. The van der Waals surface area contributed by atoms with Crippen molar-refractivity contribution in [1.29, 1.82) is 0 Å². The average Bonchev–Trinajstić information content (AvgIpc) is 1.98. The summed E-state index contributed by atoms with van der Waals surface area (Å²) in [5.41, 5.74) is -1.15. The number of hydrogen-bond acceptors (Lipinski definition) is 5. The first-order valence-electron chi connectivity index (χ1n) is 4.94. The molecule has 1 aliphatic rings. The Bertz CT molecular complexity index is 194. The number of ether oxygens (including phenoxy) is 1. The van der Waals surface area contributed by atoms with Gasteiger partial charge in [0.1, 0.15) is 11.2 Å². The number of carbonyl (C=O) groups is 1. The van der Waals surface area contributed by atoms with Gasteiger partial charge in [0, 0.05) is 13.1 Å². The number of β-amino-alcohol motifs (C(OH)–C–C–N with tert-alkyl or cyclic N) is 1. The van der Waals surface area contributed by atoms with Gasteiger partial charge in [0.2, 0.25) is 0 Å². The number of aliphatic hydroxyl groups excluding tert-OH is 1. The molecule has 0 aliphatic carbocycles. The van der Waals surface area contributed by atoms with Gasteiger partial charge in [-0.1, -0.05) is 0 Å². The van der Waals surface area contributed by atoms with Crippen LogP contribution in [-0.4, -0.2) is 47.1 Å². The molecular weight excluding hydrogens is 198 g/mol. The van der Waals surface area contributed by atoms with Crippen molar-refractivity contribution >= 4 is 6.47 Å². The molecule has 0 bridgehead atoms. The van der Waals surface area contributed by atoms with Gasteiger partial charge in [0.15, 0.2) is 0 Å². The van der Waals surface area contributed by atoms with E-state index in [1.165, 1.54) is 0 Å². The number of hydrogen-bond donors (Lipinski definition) is 3. The molecule has 1 rings (SSSR count). The summed E-state index contributed by atoms with van der Waals surface area (Å²) in [6.45, 7) is 8.56. The molecule has 0 radical (unpaired) electrons. The second-order valence-corrected chi connectivity index (χ2v) is 4.71. The van der Waals surface area contributed by atoms with Crippen LogP contribution in [-0.2, 0) is 9.53 Å². The van der Waals surface area contributed by atoms with E-state index in [1.807, 2.05) is 20.8 Å².